The van der Waals surface area contributed by atoms with Crippen molar-refractivity contribution in [2.45, 2.75) is 59.2 Å². The van der Waals surface area contributed by atoms with Gasteiger partial charge in [0.05, 0.1) is 5.92 Å². The van der Waals surface area contributed by atoms with Gasteiger partial charge in [-0.2, -0.15) is 0 Å². The monoisotopic (exact) mass is 285 g/mol. The largest absolute Gasteiger partial charge is 0.460 e. The van der Waals surface area contributed by atoms with E-state index >= 15 is 0 Å². The molecule has 6 nitrogen and oxygen atoms in total. The second-order valence-electron chi connectivity index (χ2n) is 6.92. The van der Waals surface area contributed by atoms with Gasteiger partial charge in [0.15, 0.2) is 0 Å². The summed E-state index contributed by atoms with van der Waals surface area (Å²) in [5.41, 5.74) is -1.29. The number of carbonyl (C=O) groups is 3. The van der Waals surface area contributed by atoms with Crippen LogP contribution in [0.4, 0.5) is 4.79 Å². The van der Waals surface area contributed by atoms with Crippen LogP contribution >= 0.6 is 0 Å². The Bertz CT molecular complexity index is 416. The number of hydrogen-bond donors (Lipinski definition) is 0. The van der Waals surface area contributed by atoms with Gasteiger partial charge in [0.25, 0.3) is 0 Å². The Balaban J connectivity index is 2.66. The predicted molar refractivity (Wildman–Crippen MR) is 71.9 cm³/mol. The highest BCUT2D eigenvalue weighted by Crippen LogP contribution is 2.23. The number of imide groups is 1. The van der Waals surface area contributed by atoms with Crippen LogP contribution in [0.15, 0.2) is 0 Å². The van der Waals surface area contributed by atoms with Gasteiger partial charge in [0.2, 0.25) is 5.91 Å². The molecule has 0 aromatic heterocycles. The molecule has 20 heavy (non-hydrogen) atoms. The summed E-state index contributed by atoms with van der Waals surface area (Å²) in [6.45, 7) is 10.4. The van der Waals surface area contributed by atoms with Crippen LogP contribution in [0.2, 0.25) is 0 Å². The molecule has 0 aromatic rings. The Morgan fingerprint density at radius 2 is 1.55 bits per heavy atom. The number of likely N-dealkylation sites (tertiary alicyclic amines) is 1. The number of carbonyl (C=O) groups excluding carboxylic acids is 3. The normalized spacial score (nSPS) is 20.0. The maximum absolute atomic E-state index is 11.9. The van der Waals surface area contributed by atoms with Crippen molar-refractivity contribution in [1.29, 1.82) is 0 Å². The van der Waals surface area contributed by atoms with Crippen LogP contribution in [-0.2, 0) is 19.1 Å². The van der Waals surface area contributed by atoms with Gasteiger partial charge in [-0.15, -0.1) is 0 Å². The standard InChI is InChI=1S/C14H23NO5/c1-13(2,3)19-11(17)9-7-10(16)15(8-9)12(18)20-14(4,5)6/h9H,7-8H2,1-6H3. The second kappa shape index (κ2) is 5.42. The van der Waals surface area contributed by atoms with Crippen molar-refractivity contribution < 1.29 is 23.9 Å². The molecule has 1 heterocycles. The first-order chi connectivity index (χ1) is 8.89. The first-order valence-corrected chi connectivity index (χ1v) is 6.65. The van der Waals surface area contributed by atoms with Gasteiger partial charge in [-0.05, 0) is 41.5 Å². The van der Waals surface area contributed by atoms with Gasteiger partial charge >= 0.3 is 12.1 Å². The van der Waals surface area contributed by atoms with Crippen LogP contribution < -0.4 is 0 Å². The molecule has 1 fully saturated rings. The summed E-state index contributed by atoms with van der Waals surface area (Å²) in [7, 11) is 0. The SMILES string of the molecule is CC(C)(C)OC(=O)C1CC(=O)N(C(=O)OC(C)(C)C)C1. The zero-order chi connectivity index (χ0) is 15.7. The lowest BCUT2D eigenvalue weighted by molar-refractivity contribution is -0.159. The summed E-state index contributed by atoms with van der Waals surface area (Å²) >= 11 is 0. The van der Waals surface area contributed by atoms with Gasteiger partial charge < -0.3 is 9.47 Å². The molecule has 6 heteroatoms. The minimum absolute atomic E-state index is 0.0165. The van der Waals surface area contributed by atoms with Crippen LogP contribution in [0.25, 0.3) is 0 Å². The number of esters is 1. The Morgan fingerprint density at radius 3 is 2.00 bits per heavy atom. The van der Waals surface area contributed by atoms with Crippen LogP contribution in [0.3, 0.4) is 0 Å². The van der Waals surface area contributed by atoms with Gasteiger partial charge in [-0.3, -0.25) is 9.59 Å². The van der Waals surface area contributed by atoms with E-state index in [1.807, 2.05) is 0 Å². The van der Waals surface area contributed by atoms with Crippen LogP contribution in [0.1, 0.15) is 48.0 Å². The lowest BCUT2D eigenvalue weighted by Gasteiger charge is -2.24. The minimum Gasteiger partial charge on any atom is -0.460 e. The van der Waals surface area contributed by atoms with Gasteiger partial charge in [0, 0.05) is 13.0 Å². The van der Waals surface area contributed by atoms with Crippen molar-refractivity contribution in [3.05, 3.63) is 0 Å². The smallest absolute Gasteiger partial charge is 0.417 e. The molecule has 0 N–H and O–H groups in total. The zero-order valence-corrected chi connectivity index (χ0v) is 13.0. The molecular weight excluding hydrogens is 262 g/mol. The van der Waals surface area contributed by atoms with Gasteiger partial charge in [-0.25, -0.2) is 9.69 Å². The van der Waals surface area contributed by atoms with E-state index in [4.69, 9.17) is 9.47 Å². The molecule has 1 saturated heterocycles. The molecule has 114 valence electrons. The molecule has 1 rings (SSSR count). The quantitative estimate of drug-likeness (QED) is 0.690. The van der Waals surface area contributed by atoms with Crippen LogP contribution in [0.5, 0.6) is 0 Å². The van der Waals surface area contributed by atoms with Crippen molar-refractivity contribution in [3.63, 3.8) is 0 Å². The van der Waals surface area contributed by atoms with E-state index in [9.17, 15) is 14.4 Å². The van der Waals surface area contributed by atoms with Crippen LogP contribution in [-0.4, -0.2) is 40.6 Å². The van der Waals surface area contributed by atoms with Crippen LogP contribution in [0, 0.1) is 5.92 Å². The molecule has 2 amide bonds. The Morgan fingerprint density at radius 1 is 1.05 bits per heavy atom. The summed E-state index contributed by atoms with van der Waals surface area (Å²) in [5.74, 6) is -1.48. The third-order valence-corrected chi connectivity index (χ3v) is 2.48. The maximum Gasteiger partial charge on any atom is 0.417 e. The number of nitrogens with zero attached hydrogens (tertiary/aromatic N) is 1. The first-order valence-electron chi connectivity index (χ1n) is 6.65. The number of rotatable bonds is 1. The highest BCUT2D eigenvalue weighted by molar-refractivity contribution is 5.97. The maximum atomic E-state index is 11.9. The predicted octanol–water partition coefficient (Wildman–Crippen LogP) is 2.11. The van der Waals surface area contributed by atoms with E-state index in [1.165, 1.54) is 0 Å². The van der Waals surface area contributed by atoms with Gasteiger partial charge in [0.1, 0.15) is 11.2 Å². The molecule has 1 atom stereocenters. The molecule has 0 aliphatic carbocycles. The third kappa shape index (κ3) is 4.83. The highest BCUT2D eigenvalue weighted by atomic mass is 16.6. The first kappa shape index (κ1) is 16.5. The average Bonchev–Trinajstić information content (AvgIpc) is 2.55. The molecule has 0 radical (unpaired) electrons. The summed E-state index contributed by atoms with van der Waals surface area (Å²) in [6, 6.07) is 0. The fourth-order valence-corrected chi connectivity index (χ4v) is 1.74. The molecule has 0 aromatic carbocycles. The Labute approximate surface area is 119 Å². The minimum atomic E-state index is -0.714. The lowest BCUT2D eigenvalue weighted by Crippen LogP contribution is -2.38. The van der Waals surface area contributed by atoms with Crippen molar-refractivity contribution in [3.8, 4) is 0 Å². The van der Waals surface area contributed by atoms with Crippen molar-refractivity contribution in [2.75, 3.05) is 6.54 Å². The van der Waals surface area contributed by atoms with E-state index < -0.39 is 35.1 Å². The van der Waals surface area contributed by atoms with E-state index in [1.54, 1.807) is 41.5 Å². The number of hydrogen-bond acceptors (Lipinski definition) is 5. The molecule has 1 unspecified atom stereocenters. The summed E-state index contributed by atoms with van der Waals surface area (Å²) < 4.78 is 10.4. The number of ether oxygens (including phenoxy) is 2. The fraction of sp³-hybridized carbons (Fsp3) is 0.786. The lowest BCUT2D eigenvalue weighted by atomic mass is 10.1. The third-order valence-electron chi connectivity index (χ3n) is 2.48. The Hall–Kier alpha value is -1.59. The fourth-order valence-electron chi connectivity index (χ4n) is 1.74. The summed E-state index contributed by atoms with van der Waals surface area (Å²) in [6.07, 6.45) is -0.734. The molecule has 0 saturated carbocycles. The average molecular weight is 285 g/mol. The molecule has 0 bridgehead atoms. The van der Waals surface area contributed by atoms with E-state index in [-0.39, 0.29) is 13.0 Å². The zero-order valence-electron chi connectivity index (χ0n) is 13.0. The second-order valence-corrected chi connectivity index (χ2v) is 6.92. The highest BCUT2D eigenvalue weighted by Gasteiger charge is 2.41. The number of amides is 2. The van der Waals surface area contributed by atoms with Crippen molar-refractivity contribution in [2.24, 2.45) is 5.92 Å². The Kier molecular flexibility index (Phi) is 4.46. The van der Waals surface area contributed by atoms with Crippen molar-refractivity contribution in [1.82, 2.24) is 4.90 Å². The van der Waals surface area contributed by atoms with E-state index in [2.05, 4.69) is 0 Å². The van der Waals surface area contributed by atoms with E-state index in [0.29, 0.717) is 0 Å². The van der Waals surface area contributed by atoms with E-state index in [0.717, 1.165) is 4.90 Å². The molecule has 1 aliphatic rings. The summed E-state index contributed by atoms with van der Waals surface area (Å²) in [5, 5.41) is 0. The molecule has 0 spiro atoms. The topological polar surface area (TPSA) is 72.9 Å². The molecular formula is C14H23NO5. The van der Waals surface area contributed by atoms with Crippen molar-refractivity contribution >= 4 is 18.0 Å². The molecule has 1 aliphatic heterocycles. The summed E-state index contributed by atoms with van der Waals surface area (Å²) in [4.78, 5) is 36.5. The van der Waals surface area contributed by atoms with Gasteiger partial charge in [-0.1, -0.05) is 0 Å².